The zero-order valence-corrected chi connectivity index (χ0v) is 11.8. The topological polar surface area (TPSA) is 43.4 Å². The monoisotopic (exact) mass is 280 g/mol. The third kappa shape index (κ3) is 3.89. The third-order valence-electron chi connectivity index (χ3n) is 2.89. The molecular weight excluding hydrogens is 264 g/mol. The summed E-state index contributed by atoms with van der Waals surface area (Å²) in [6.07, 6.45) is 1.56. The fourth-order valence-corrected chi connectivity index (χ4v) is 1.89. The van der Waals surface area contributed by atoms with Gasteiger partial charge in [0.2, 0.25) is 0 Å². The van der Waals surface area contributed by atoms with Crippen molar-refractivity contribution in [1.29, 1.82) is 0 Å². The average molecular weight is 280 g/mol. The molecule has 2 rings (SSSR count). The Bertz CT molecular complexity index is 643. The third-order valence-corrected chi connectivity index (χ3v) is 2.89. The minimum Gasteiger partial charge on any atom is -0.462 e. The summed E-state index contributed by atoms with van der Waals surface area (Å²) >= 11 is 0. The van der Waals surface area contributed by atoms with E-state index in [9.17, 15) is 9.59 Å². The van der Waals surface area contributed by atoms with Gasteiger partial charge in [-0.2, -0.15) is 0 Å². The molecule has 21 heavy (non-hydrogen) atoms. The second-order valence-corrected chi connectivity index (χ2v) is 4.38. The van der Waals surface area contributed by atoms with Crippen molar-refractivity contribution in [2.45, 2.75) is 6.92 Å². The zero-order valence-electron chi connectivity index (χ0n) is 11.8. The summed E-state index contributed by atoms with van der Waals surface area (Å²) in [5.41, 5.74) is 1.28. The van der Waals surface area contributed by atoms with Crippen molar-refractivity contribution >= 4 is 17.8 Å². The molecule has 0 N–H and O–H groups in total. The van der Waals surface area contributed by atoms with Crippen molar-refractivity contribution in [3.63, 3.8) is 0 Å². The summed E-state index contributed by atoms with van der Waals surface area (Å²) in [4.78, 5) is 24.5. The normalized spacial score (nSPS) is 11.0. The maximum atomic E-state index is 12.5. The van der Waals surface area contributed by atoms with E-state index in [2.05, 4.69) is 0 Å². The number of ether oxygens (including phenoxy) is 1. The summed E-state index contributed by atoms with van der Waals surface area (Å²) in [5, 5.41) is 0. The summed E-state index contributed by atoms with van der Waals surface area (Å²) in [5.74, 6) is -0.937. The number of Topliss-reactive ketones (excluding diaryl/α,β-unsaturated/α-hetero) is 1. The Balaban J connectivity index is 2.40. The van der Waals surface area contributed by atoms with Gasteiger partial charge in [-0.05, 0) is 18.6 Å². The molecule has 0 aliphatic rings. The van der Waals surface area contributed by atoms with Gasteiger partial charge in [-0.1, -0.05) is 60.7 Å². The first-order valence-electron chi connectivity index (χ1n) is 6.76. The Morgan fingerprint density at radius 2 is 1.52 bits per heavy atom. The summed E-state index contributed by atoms with van der Waals surface area (Å²) < 4.78 is 4.99. The highest BCUT2D eigenvalue weighted by molar-refractivity contribution is 6.26. The van der Waals surface area contributed by atoms with E-state index in [0.717, 1.165) is 5.56 Å². The van der Waals surface area contributed by atoms with E-state index < -0.39 is 5.97 Å². The molecule has 0 radical (unpaired) electrons. The molecule has 0 amide bonds. The van der Waals surface area contributed by atoms with Crippen LogP contribution in [0.2, 0.25) is 0 Å². The number of esters is 1. The first-order valence-corrected chi connectivity index (χ1v) is 6.76. The van der Waals surface area contributed by atoms with E-state index in [1.54, 1.807) is 37.3 Å². The smallest absolute Gasteiger partial charge is 0.342 e. The van der Waals surface area contributed by atoms with Crippen molar-refractivity contribution in [1.82, 2.24) is 0 Å². The number of benzene rings is 2. The molecular formula is C18H16O3. The van der Waals surface area contributed by atoms with Crippen LogP contribution in [-0.4, -0.2) is 18.4 Å². The van der Waals surface area contributed by atoms with Gasteiger partial charge in [-0.15, -0.1) is 0 Å². The molecule has 3 nitrogen and oxygen atoms in total. The van der Waals surface area contributed by atoms with Gasteiger partial charge < -0.3 is 4.74 Å². The molecule has 0 aliphatic heterocycles. The highest BCUT2D eigenvalue weighted by Gasteiger charge is 2.20. The predicted molar refractivity (Wildman–Crippen MR) is 81.8 cm³/mol. The number of hydrogen-bond donors (Lipinski definition) is 0. The van der Waals surface area contributed by atoms with Gasteiger partial charge >= 0.3 is 5.97 Å². The second-order valence-electron chi connectivity index (χ2n) is 4.38. The van der Waals surface area contributed by atoms with Crippen LogP contribution in [0.3, 0.4) is 0 Å². The maximum absolute atomic E-state index is 12.5. The van der Waals surface area contributed by atoms with E-state index >= 15 is 0 Å². The van der Waals surface area contributed by atoms with E-state index in [-0.39, 0.29) is 18.0 Å². The lowest BCUT2D eigenvalue weighted by molar-refractivity contribution is -0.137. The van der Waals surface area contributed by atoms with Gasteiger partial charge in [-0.3, -0.25) is 4.79 Å². The molecule has 2 aromatic rings. The molecule has 0 bridgehead atoms. The molecule has 3 heteroatoms. The summed E-state index contributed by atoms with van der Waals surface area (Å²) in [6, 6.07) is 17.9. The van der Waals surface area contributed by atoms with Gasteiger partial charge in [0.25, 0.3) is 0 Å². The van der Waals surface area contributed by atoms with E-state index in [4.69, 9.17) is 4.74 Å². The summed E-state index contributed by atoms with van der Waals surface area (Å²) in [7, 11) is 0. The zero-order chi connectivity index (χ0) is 15.1. The van der Waals surface area contributed by atoms with Crippen LogP contribution in [0.15, 0.2) is 66.2 Å². The number of rotatable bonds is 5. The predicted octanol–water partition coefficient (Wildman–Crippen LogP) is 3.52. The quantitative estimate of drug-likeness (QED) is 0.277. The van der Waals surface area contributed by atoms with E-state index in [1.165, 1.54) is 0 Å². The van der Waals surface area contributed by atoms with Crippen LogP contribution in [0.4, 0.5) is 0 Å². The van der Waals surface area contributed by atoms with Gasteiger partial charge in [0.1, 0.15) is 5.57 Å². The Morgan fingerprint density at radius 3 is 2.10 bits per heavy atom. The van der Waals surface area contributed by atoms with Crippen LogP contribution >= 0.6 is 0 Å². The van der Waals surface area contributed by atoms with Crippen LogP contribution in [0.25, 0.3) is 6.08 Å². The van der Waals surface area contributed by atoms with E-state index in [0.29, 0.717) is 5.56 Å². The Hall–Kier alpha value is -2.68. The van der Waals surface area contributed by atoms with Crippen molar-refractivity contribution in [3.05, 3.63) is 77.4 Å². The molecule has 0 heterocycles. The van der Waals surface area contributed by atoms with Gasteiger partial charge in [0, 0.05) is 5.56 Å². The van der Waals surface area contributed by atoms with Gasteiger partial charge in [-0.25, -0.2) is 4.79 Å². The maximum Gasteiger partial charge on any atom is 0.342 e. The minimum atomic E-state index is -0.602. The molecule has 0 saturated heterocycles. The molecule has 0 spiro atoms. The van der Waals surface area contributed by atoms with Crippen LogP contribution < -0.4 is 0 Å². The molecule has 0 atom stereocenters. The second kappa shape index (κ2) is 7.20. The van der Waals surface area contributed by atoms with Gasteiger partial charge in [0.05, 0.1) is 6.61 Å². The average Bonchev–Trinajstić information content (AvgIpc) is 2.54. The molecule has 0 aliphatic carbocycles. The first kappa shape index (κ1) is 14.7. The van der Waals surface area contributed by atoms with Crippen molar-refractivity contribution in [2.75, 3.05) is 6.61 Å². The largest absolute Gasteiger partial charge is 0.462 e. The first-order chi connectivity index (χ1) is 10.2. The lowest BCUT2D eigenvalue weighted by Gasteiger charge is -2.06. The molecule has 0 saturated carbocycles. The number of carbonyl (C=O) groups excluding carboxylic acids is 2. The van der Waals surface area contributed by atoms with Crippen molar-refractivity contribution in [3.8, 4) is 0 Å². The Morgan fingerprint density at radius 1 is 0.952 bits per heavy atom. The van der Waals surface area contributed by atoms with Gasteiger partial charge in [0.15, 0.2) is 5.78 Å². The molecule has 0 aromatic heterocycles. The minimum absolute atomic E-state index is 0.0363. The fraction of sp³-hybridized carbons (Fsp3) is 0.111. The van der Waals surface area contributed by atoms with Crippen molar-refractivity contribution in [2.24, 2.45) is 0 Å². The molecule has 2 aromatic carbocycles. The van der Waals surface area contributed by atoms with Crippen LogP contribution in [0.5, 0.6) is 0 Å². The lowest BCUT2D eigenvalue weighted by Crippen LogP contribution is -2.16. The molecule has 0 unspecified atom stereocenters. The van der Waals surface area contributed by atoms with E-state index in [1.807, 2.05) is 36.4 Å². The standard InChI is InChI=1S/C18H16O3/c1-2-21-18(20)16(13-14-9-5-3-6-10-14)17(19)15-11-7-4-8-12-15/h3-13H,2H2,1H3. The molecule has 0 fully saturated rings. The number of ketones is 1. The van der Waals surface area contributed by atoms with Crippen LogP contribution in [0, 0.1) is 0 Å². The fourth-order valence-electron chi connectivity index (χ4n) is 1.89. The van der Waals surface area contributed by atoms with Crippen molar-refractivity contribution < 1.29 is 14.3 Å². The number of hydrogen-bond acceptors (Lipinski definition) is 3. The highest BCUT2D eigenvalue weighted by Crippen LogP contribution is 2.14. The van der Waals surface area contributed by atoms with Crippen LogP contribution in [0.1, 0.15) is 22.8 Å². The van der Waals surface area contributed by atoms with Crippen LogP contribution in [-0.2, 0) is 9.53 Å². The summed E-state index contributed by atoms with van der Waals surface area (Å²) in [6.45, 7) is 1.94. The Labute approximate surface area is 123 Å². The molecule has 106 valence electrons. The highest BCUT2D eigenvalue weighted by atomic mass is 16.5. The SMILES string of the molecule is CCOC(=O)C(=Cc1ccccc1)C(=O)c1ccccc1. The Kier molecular flexibility index (Phi) is 5.04. The number of carbonyl (C=O) groups is 2. The lowest BCUT2D eigenvalue weighted by atomic mass is 10.0.